The molecule has 3 aromatic rings. The van der Waals surface area contributed by atoms with Gasteiger partial charge in [-0.25, -0.2) is 13.4 Å². The molecule has 2 N–H and O–H groups in total. The van der Waals surface area contributed by atoms with E-state index in [1.54, 1.807) is 13.2 Å². The predicted octanol–water partition coefficient (Wildman–Crippen LogP) is 5.86. The number of hydrogen-bond acceptors (Lipinski definition) is 9. The number of aryl methyl sites for hydroxylation is 2. The van der Waals surface area contributed by atoms with Gasteiger partial charge >= 0.3 is 0 Å². The number of halogens is 1. The molecule has 2 saturated carbocycles. The first-order valence-electron chi connectivity index (χ1n) is 13.6. The fourth-order valence-electron chi connectivity index (χ4n) is 5.02. The number of nitrogens with zero attached hydrogens (tertiary/aromatic N) is 4. The smallest absolute Gasteiger partial charge is 0.229 e. The Morgan fingerprint density at radius 2 is 1.85 bits per heavy atom. The van der Waals surface area contributed by atoms with Crippen molar-refractivity contribution in [1.29, 1.82) is 0 Å². The van der Waals surface area contributed by atoms with Gasteiger partial charge in [-0.15, -0.1) is 0 Å². The molecule has 40 heavy (non-hydrogen) atoms. The number of Topliss-reactive ketones (excluding diaryl/α,β-unsaturated/α-hetero) is 1. The zero-order valence-corrected chi connectivity index (χ0v) is 24.8. The van der Waals surface area contributed by atoms with Gasteiger partial charge in [-0.2, -0.15) is 10.1 Å². The van der Waals surface area contributed by atoms with E-state index in [-0.39, 0.29) is 39.6 Å². The number of rotatable bonds is 10. The lowest BCUT2D eigenvalue weighted by molar-refractivity contribution is -0.120. The number of nitrogens with one attached hydrogen (secondary N) is 2. The van der Waals surface area contributed by atoms with Gasteiger partial charge in [-0.3, -0.25) is 9.48 Å². The molecule has 2 aliphatic carbocycles. The van der Waals surface area contributed by atoms with Crippen molar-refractivity contribution in [3.63, 3.8) is 0 Å². The van der Waals surface area contributed by atoms with Crippen molar-refractivity contribution in [2.24, 2.45) is 13.0 Å². The number of benzene rings is 1. The number of hydrogen-bond donors (Lipinski definition) is 2. The van der Waals surface area contributed by atoms with Crippen LogP contribution in [0.4, 0.5) is 23.1 Å². The standard InChI is InChI=1S/C28H35ClN6O4S/c1-16(2)15-40(37,38)27-24(14-35(4)34-27)31-26-22(29)13-30-28(33-26)32-23-11-17(3)21(12-25(23)39-20-9-10-20)18-5-7-19(36)8-6-18/h11-14,16,18,20H,5-10,15H2,1-4H3,(H2,30,31,32,33). The summed E-state index contributed by atoms with van der Waals surface area (Å²) in [7, 11) is -1.97. The van der Waals surface area contributed by atoms with Crippen molar-refractivity contribution in [2.45, 2.75) is 76.3 Å². The van der Waals surface area contributed by atoms with Gasteiger partial charge in [-0.05, 0) is 67.7 Å². The molecule has 0 amide bonds. The monoisotopic (exact) mass is 586 g/mol. The van der Waals surface area contributed by atoms with Crippen molar-refractivity contribution in [1.82, 2.24) is 19.7 Å². The van der Waals surface area contributed by atoms with Crippen LogP contribution in [0, 0.1) is 12.8 Å². The highest BCUT2D eigenvalue weighted by Crippen LogP contribution is 2.41. The molecule has 10 nitrogen and oxygen atoms in total. The Hall–Kier alpha value is -3.18. The third-order valence-electron chi connectivity index (χ3n) is 7.06. The van der Waals surface area contributed by atoms with Gasteiger partial charge in [0.15, 0.2) is 15.7 Å². The van der Waals surface area contributed by atoms with Gasteiger partial charge in [0.05, 0.1) is 29.4 Å². The predicted molar refractivity (Wildman–Crippen MR) is 155 cm³/mol. The van der Waals surface area contributed by atoms with Crippen LogP contribution in [0.2, 0.25) is 5.02 Å². The van der Waals surface area contributed by atoms with Crippen molar-refractivity contribution in [3.8, 4) is 5.75 Å². The first-order valence-corrected chi connectivity index (χ1v) is 15.7. The number of sulfone groups is 1. The SMILES string of the molecule is Cc1cc(Nc2ncc(Cl)c(Nc3cn(C)nc3S(=O)(=O)CC(C)C)n2)c(OC2CC2)cc1C1CCC(=O)CC1. The maximum atomic E-state index is 13.0. The molecular weight excluding hydrogens is 552 g/mol. The van der Waals surface area contributed by atoms with E-state index in [2.05, 4.69) is 38.7 Å². The van der Waals surface area contributed by atoms with Crippen molar-refractivity contribution in [2.75, 3.05) is 16.4 Å². The molecule has 0 spiro atoms. The van der Waals surface area contributed by atoms with E-state index in [4.69, 9.17) is 16.3 Å². The highest BCUT2D eigenvalue weighted by molar-refractivity contribution is 7.91. The highest BCUT2D eigenvalue weighted by Gasteiger charge is 2.28. The van der Waals surface area contributed by atoms with Gasteiger partial charge in [0.2, 0.25) is 11.0 Å². The van der Waals surface area contributed by atoms with Gasteiger partial charge in [0.1, 0.15) is 16.6 Å². The summed E-state index contributed by atoms with van der Waals surface area (Å²) in [6.45, 7) is 5.76. The second kappa shape index (κ2) is 11.4. The molecule has 2 aliphatic rings. The molecule has 0 aliphatic heterocycles. The Balaban J connectivity index is 1.42. The van der Waals surface area contributed by atoms with Crippen LogP contribution in [0.25, 0.3) is 0 Å². The summed E-state index contributed by atoms with van der Waals surface area (Å²) >= 11 is 6.42. The average Bonchev–Trinajstić information content (AvgIpc) is 3.61. The van der Waals surface area contributed by atoms with Crippen LogP contribution in [0.1, 0.15) is 69.4 Å². The average molecular weight is 587 g/mol. The van der Waals surface area contributed by atoms with E-state index < -0.39 is 9.84 Å². The van der Waals surface area contributed by atoms with Gasteiger partial charge < -0.3 is 15.4 Å². The molecule has 0 unspecified atom stereocenters. The zero-order chi connectivity index (χ0) is 28.6. The molecule has 12 heteroatoms. The summed E-state index contributed by atoms with van der Waals surface area (Å²) in [6.07, 6.45) is 8.20. The first-order chi connectivity index (χ1) is 19.0. The molecule has 2 heterocycles. The summed E-state index contributed by atoms with van der Waals surface area (Å²) < 4.78 is 33.6. The topological polar surface area (TPSA) is 128 Å². The maximum Gasteiger partial charge on any atom is 0.229 e. The summed E-state index contributed by atoms with van der Waals surface area (Å²) in [4.78, 5) is 20.7. The van der Waals surface area contributed by atoms with Gasteiger partial charge in [-0.1, -0.05) is 25.4 Å². The van der Waals surface area contributed by atoms with Crippen LogP contribution < -0.4 is 15.4 Å². The molecule has 214 valence electrons. The molecule has 0 radical (unpaired) electrons. The summed E-state index contributed by atoms with van der Waals surface area (Å²) in [5, 5.41) is 10.7. The van der Waals surface area contributed by atoms with E-state index in [9.17, 15) is 13.2 Å². The van der Waals surface area contributed by atoms with Crippen LogP contribution in [0.15, 0.2) is 29.6 Å². The molecule has 5 rings (SSSR count). The minimum atomic E-state index is -3.63. The second-order valence-electron chi connectivity index (χ2n) is 11.2. The van der Waals surface area contributed by atoms with E-state index in [1.165, 1.54) is 16.4 Å². The largest absolute Gasteiger partial charge is 0.488 e. The molecule has 0 saturated heterocycles. The Morgan fingerprint density at radius 1 is 1.12 bits per heavy atom. The van der Waals surface area contributed by atoms with Crippen LogP contribution in [0.3, 0.4) is 0 Å². The highest BCUT2D eigenvalue weighted by atomic mass is 35.5. The maximum absolute atomic E-state index is 13.0. The van der Waals surface area contributed by atoms with Crippen molar-refractivity contribution in [3.05, 3.63) is 40.7 Å². The third-order valence-corrected chi connectivity index (χ3v) is 9.33. The number of carbonyl (C=O) groups excluding carboxylic acids is 1. The number of ketones is 1. The van der Waals surface area contributed by atoms with Crippen LogP contribution in [0.5, 0.6) is 5.75 Å². The lowest BCUT2D eigenvalue weighted by Crippen LogP contribution is -2.14. The fraction of sp³-hybridized carbons (Fsp3) is 0.500. The lowest BCUT2D eigenvalue weighted by atomic mass is 9.81. The molecular formula is C28H35ClN6O4S. The van der Waals surface area contributed by atoms with Gasteiger partial charge in [0, 0.05) is 26.1 Å². The Kier molecular flexibility index (Phi) is 8.05. The van der Waals surface area contributed by atoms with Crippen molar-refractivity contribution >= 4 is 50.4 Å². The molecule has 0 bridgehead atoms. The quantitative estimate of drug-likeness (QED) is 0.300. The van der Waals surface area contributed by atoms with E-state index in [1.807, 2.05) is 19.9 Å². The Labute approximate surface area is 239 Å². The van der Waals surface area contributed by atoms with Crippen LogP contribution >= 0.6 is 11.6 Å². The Bertz CT molecular complexity index is 1520. The normalized spacial score (nSPS) is 16.4. The minimum absolute atomic E-state index is 0.0285. The summed E-state index contributed by atoms with van der Waals surface area (Å²) in [5.74, 6) is 1.83. The van der Waals surface area contributed by atoms with E-state index in [0.717, 1.165) is 42.7 Å². The van der Waals surface area contributed by atoms with Crippen LogP contribution in [-0.2, 0) is 21.7 Å². The van der Waals surface area contributed by atoms with E-state index >= 15 is 0 Å². The lowest BCUT2D eigenvalue weighted by Gasteiger charge is -2.25. The molecule has 2 fully saturated rings. The van der Waals surface area contributed by atoms with Crippen LogP contribution in [-0.4, -0.2) is 45.8 Å². The summed E-state index contributed by atoms with van der Waals surface area (Å²) in [6, 6.07) is 4.12. The minimum Gasteiger partial charge on any atom is -0.488 e. The molecule has 1 aromatic carbocycles. The number of anilines is 4. The molecule has 0 atom stereocenters. The first kappa shape index (κ1) is 28.4. The summed E-state index contributed by atoms with van der Waals surface area (Å²) in [5.41, 5.74) is 3.33. The second-order valence-corrected chi connectivity index (χ2v) is 13.5. The van der Waals surface area contributed by atoms with E-state index in [0.29, 0.717) is 30.2 Å². The van der Waals surface area contributed by atoms with Crippen molar-refractivity contribution < 1.29 is 17.9 Å². The van der Waals surface area contributed by atoms with Gasteiger partial charge in [0.25, 0.3) is 0 Å². The number of ether oxygens (including phenoxy) is 1. The Morgan fingerprint density at radius 3 is 2.52 bits per heavy atom. The number of carbonyl (C=O) groups is 1. The molecule has 2 aromatic heterocycles. The third kappa shape index (κ3) is 6.58. The number of aromatic nitrogens is 4. The fourth-order valence-corrected chi connectivity index (χ4v) is 6.89. The zero-order valence-electron chi connectivity index (χ0n) is 23.2.